The molecule has 9 nitrogen and oxygen atoms in total. The Kier molecular flexibility index (Phi) is 6.25. The van der Waals surface area contributed by atoms with Crippen LogP contribution in [0.15, 0.2) is 16.9 Å². The molecule has 0 aliphatic carbocycles. The van der Waals surface area contributed by atoms with Gasteiger partial charge in [0.25, 0.3) is 11.8 Å². The highest BCUT2D eigenvalue weighted by atomic mass is 19.1. The molecule has 1 fully saturated rings. The van der Waals surface area contributed by atoms with Gasteiger partial charge in [0.1, 0.15) is 23.0 Å². The number of pyridine rings is 1. The number of aromatic nitrogens is 1. The molecule has 5 rings (SSSR count). The second-order valence-corrected chi connectivity index (χ2v) is 8.90. The zero-order valence-corrected chi connectivity index (χ0v) is 19.7. The Bertz CT molecular complexity index is 1290. The van der Waals surface area contributed by atoms with Crippen LogP contribution in [0.2, 0.25) is 0 Å². The van der Waals surface area contributed by atoms with Gasteiger partial charge in [0, 0.05) is 30.8 Å². The summed E-state index contributed by atoms with van der Waals surface area (Å²) in [6, 6.07) is 0.184. The van der Waals surface area contributed by atoms with E-state index >= 15 is 0 Å². The van der Waals surface area contributed by atoms with E-state index in [-0.39, 0.29) is 23.0 Å². The van der Waals surface area contributed by atoms with Crippen LogP contribution in [0.25, 0.3) is 0 Å². The first-order valence-electron chi connectivity index (χ1n) is 11.7. The first-order chi connectivity index (χ1) is 17.3. The average Bonchev–Trinajstić information content (AvgIpc) is 3.20. The highest BCUT2D eigenvalue weighted by Crippen LogP contribution is 2.46. The third kappa shape index (κ3) is 3.66. The van der Waals surface area contributed by atoms with Crippen LogP contribution in [-0.4, -0.2) is 54.3 Å². The van der Waals surface area contributed by atoms with E-state index in [2.05, 4.69) is 10.6 Å². The van der Waals surface area contributed by atoms with Crippen molar-refractivity contribution in [1.29, 1.82) is 0 Å². The number of halogens is 3. The summed E-state index contributed by atoms with van der Waals surface area (Å²) < 4.78 is 54.4. The van der Waals surface area contributed by atoms with Crippen molar-refractivity contribution >= 4 is 11.8 Å². The van der Waals surface area contributed by atoms with Crippen molar-refractivity contribution in [3.8, 4) is 5.75 Å². The van der Waals surface area contributed by atoms with Gasteiger partial charge in [-0.1, -0.05) is 6.92 Å². The molecular formula is C24H25F3N4O5. The summed E-state index contributed by atoms with van der Waals surface area (Å²) in [5.41, 5.74) is -1.29. The Hall–Kier alpha value is -3.38. The van der Waals surface area contributed by atoms with Crippen molar-refractivity contribution in [2.75, 3.05) is 26.8 Å². The van der Waals surface area contributed by atoms with Crippen molar-refractivity contribution in [3.05, 3.63) is 62.3 Å². The number of rotatable bonds is 6. The molecule has 0 spiro atoms. The van der Waals surface area contributed by atoms with E-state index in [0.717, 1.165) is 0 Å². The van der Waals surface area contributed by atoms with E-state index in [1.165, 1.54) is 7.11 Å². The van der Waals surface area contributed by atoms with Crippen LogP contribution in [0.3, 0.4) is 0 Å². The van der Waals surface area contributed by atoms with E-state index in [1.54, 1.807) is 9.47 Å². The molecule has 1 aromatic carbocycles. The van der Waals surface area contributed by atoms with E-state index in [1.807, 2.05) is 6.92 Å². The second kappa shape index (κ2) is 9.25. The summed E-state index contributed by atoms with van der Waals surface area (Å²) in [5.74, 6) is -5.01. The maximum absolute atomic E-state index is 14.1. The van der Waals surface area contributed by atoms with Gasteiger partial charge in [0.2, 0.25) is 5.43 Å². The number of hydrogen-bond acceptors (Lipinski definition) is 6. The molecule has 0 radical (unpaired) electrons. The predicted molar refractivity (Wildman–Crippen MR) is 120 cm³/mol. The molecular weight excluding hydrogens is 481 g/mol. The number of hydrogen-bond donors (Lipinski definition) is 2. The molecule has 3 unspecified atom stereocenters. The van der Waals surface area contributed by atoms with Gasteiger partial charge in [0.15, 0.2) is 17.7 Å². The highest BCUT2D eigenvalue weighted by Gasteiger charge is 2.51. The first-order valence-corrected chi connectivity index (χ1v) is 11.7. The zero-order chi connectivity index (χ0) is 25.7. The number of nitrogens with one attached hydrogen (secondary N) is 2. The number of benzene rings is 1. The highest BCUT2D eigenvalue weighted by molar-refractivity contribution is 6.00. The van der Waals surface area contributed by atoms with Crippen LogP contribution in [0.1, 0.15) is 64.0 Å². The summed E-state index contributed by atoms with van der Waals surface area (Å²) in [5, 5.41) is 5.64. The number of amides is 2. The fourth-order valence-electron chi connectivity index (χ4n) is 5.44. The first kappa shape index (κ1) is 24.3. The molecule has 1 aromatic heterocycles. The minimum absolute atomic E-state index is 0.0526. The van der Waals surface area contributed by atoms with Crippen molar-refractivity contribution in [2.24, 2.45) is 0 Å². The number of methoxy groups -OCH3 is 1. The largest absolute Gasteiger partial charge is 0.491 e. The van der Waals surface area contributed by atoms with Gasteiger partial charge >= 0.3 is 0 Å². The van der Waals surface area contributed by atoms with Crippen molar-refractivity contribution in [2.45, 2.75) is 44.6 Å². The fourth-order valence-corrected chi connectivity index (χ4v) is 5.44. The molecule has 192 valence electrons. The fraction of sp³-hybridized carbons (Fsp3) is 0.458. The van der Waals surface area contributed by atoms with Gasteiger partial charge in [-0.15, -0.1) is 0 Å². The van der Waals surface area contributed by atoms with Crippen LogP contribution in [0.4, 0.5) is 13.2 Å². The van der Waals surface area contributed by atoms with Crippen LogP contribution >= 0.6 is 0 Å². The number of carbonyl (C=O) groups is 2. The van der Waals surface area contributed by atoms with Gasteiger partial charge in [-0.05, 0) is 19.4 Å². The van der Waals surface area contributed by atoms with Crippen LogP contribution < -0.4 is 20.8 Å². The lowest BCUT2D eigenvalue weighted by Gasteiger charge is -2.44. The molecule has 2 N–H and O–H groups in total. The summed E-state index contributed by atoms with van der Waals surface area (Å²) in [6.45, 7) is 2.71. The van der Waals surface area contributed by atoms with E-state index in [0.29, 0.717) is 50.4 Å². The van der Waals surface area contributed by atoms with Crippen molar-refractivity contribution < 1.29 is 32.2 Å². The minimum atomic E-state index is -1.16. The number of ether oxygens (including phenoxy) is 2. The summed E-state index contributed by atoms with van der Waals surface area (Å²) >= 11 is 0. The third-order valence-electron chi connectivity index (χ3n) is 6.89. The number of carbonyl (C=O) groups excluding carboxylic acids is 2. The summed E-state index contributed by atoms with van der Waals surface area (Å²) in [7, 11) is 1.24. The molecule has 3 aliphatic rings. The SMILES string of the molecule is CCNC1CC2C3OCCCN3C(=O)c3c(OC)c(=O)c(C(=O)NCc4c(F)cc(F)cc4F)c1n32. The molecule has 0 saturated carbocycles. The Morgan fingerprint density at radius 2 is 1.94 bits per heavy atom. The Morgan fingerprint density at radius 3 is 2.61 bits per heavy atom. The Labute approximate surface area is 204 Å². The van der Waals surface area contributed by atoms with Crippen LogP contribution in [0.5, 0.6) is 5.75 Å². The Balaban J connectivity index is 1.62. The molecule has 2 aromatic rings. The summed E-state index contributed by atoms with van der Waals surface area (Å²) in [4.78, 5) is 41.9. The topological polar surface area (TPSA) is 102 Å². The lowest BCUT2D eigenvalue weighted by molar-refractivity contribution is -0.110. The van der Waals surface area contributed by atoms with Gasteiger partial charge in [-0.25, -0.2) is 13.2 Å². The van der Waals surface area contributed by atoms with Crippen molar-refractivity contribution in [3.63, 3.8) is 0 Å². The molecule has 36 heavy (non-hydrogen) atoms. The molecule has 2 amide bonds. The van der Waals surface area contributed by atoms with Gasteiger partial charge in [-0.3, -0.25) is 14.4 Å². The standard InChI is InChI=1S/C24H25F3N4O5/c1-3-28-15-9-16-24-30(5-4-6-36-24)23(34)19-21(35-2)20(32)17(18(15)31(16)19)22(33)29-10-12-13(26)7-11(25)8-14(12)27/h7-8,15-16,24,28H,3-6,9-10H2,1-2H3,(H,29,33). The quantitative estimate of drug-likeness (QED) is 0.622. The van der Waals surface area contributed by atoms with Gasteiger partial charge < -0.3 is 29.6 Å². The predicted octanol–water partition coefficient (Wildman–Crippen LogP) is 2.00. The van der Waals surface area contributed by atoms with Gasteiger partial charge in [-0.2, -0.15) is 0 Å². The van der Waals surface area contributed by atoms with Crippen molar-refractivity contribution in [1.82, 2.24) is 20.1 Å². The number of fused-ring (bicyclic) bond motifs is 2. The minimum Gasteiger partial charge on any atom is -0.491 e. The zero-order valence-electron chi connectivity index (χ0n) is 19.7. The molecule has 4 heterocycles. The van der Waals surface area contributed by atoms with E-state index in [4.69, 9.17) is 9.47 Å². The summed E-state index contributed by atoms with van der Waals surface area (Å²) in [6.07, 6.45) is 0.539. The Morgan fingerprint density at radius 1 is 1.22 bits per heavy atom. The van der Waals surface area contributed by atoms with Gasteiger partial charge in [0.05, 0.1) is 31.5 Å². The average molecular weight is 506 g/mol. The molecule has 3 atom stereocenters. The monoisotopic (exact) mass is 506 g/mol. The second-order valence-electron chi connectivity index (χ2n) is 8.90. The molecule has 1 saturated heterocycles. The smallest absolute Gasteiger partial charge is 0.276 e. The maximum Gasteiger partial charge on any atom is 0.276 e. The lowest BCUT2D eigenvalue weighted by atomic mass is 10.0. The molecule has 3 aliphatic heterocycles. The van der Waals surface area contributed by atoms with E-state index in [9.17, 15) is 27.6 Å². The van der Waals surface area contributed by atoms with Crippen LogP contribution in [0, 0.1) is 17.5 Å². The number of nitrogens with zero attached hydrogens (tertiary/aromatic N) is 2. The lowest BCUT2D eigenvalue weighted by Crippen LogP contribution is -2.55. The maximum atomic E-state index is 14.1. The molecule has 0 bridgehead atoms. The third-order valence-corrected chi connectivity index (χ3v) is 6.89. The van der Waals surface area contributed by atoms with E-state index < -0.39 is 59.1 Å². The molecule has 12 heteroatoms. The van der Waals surface area contributed by atoms with Crippen LogP contribution in [-0.2, 0) is 11.3 Å². The normalized spacial score (nSPS) is 22.3.